The normalized spacial score (nSPS) is 17.5. The van der Waals surface area contributed by atoms with E-state index in [1.54, 1.807) is 0 Å². The van der Waals surface area contributed by atoms with Crippen molar-refractivity contribution in [1.82, 2.24) is 13.4 Å². The van der Waals surface area contributed by atoms with Gasteiger partial charge >= 0.3 is 11.9 Å². The van der Waals surface area contributed by atoms with Gasteiger partial charge < -0.3 is 5.11 Å². The second kappa shape index (κ2) is 9.43. The molecule has 1 N–H and O–H groups in total. The fourth-order valence-electron chi connectivity index (χ4n) is 4.45. The molecule has 4 rings (SSSR count). The first kappa shape index (κ1) is 26.6. The molecule has 0 aliphatic carbocycles. The van der Waals surface area contributed by atoms with Crippen LogP contribution in [0.1, 0.15) is 36.3 Å². The van der Waals surface area contributed by atoms with E-state index in [9.17, 15) is 36.3 Å². The molecule has 0 spiro atoms. The summed E-state index contributed by atoms with van der Waals surface area (Å²) in [6, 6.07) is 4.86. The molecule has 1 saturated heterocycles. The third-order valence-electron chi connectivity index (χ3n) is 6.14. The number of aliphatic hydroxyl groups excluding tert-OH is 1. The highest BCUT2D eigenvalue weighted by Crippen LogP contribution is 2.39. The number of β-amino-alcohol motifs (C(OH)–C–C–N with tert-alkyl or cyclic N) is 1. The first-order valence-corrected chi connectivity index (χ1v) is 13.6. The van der Waals surface area contributed by atoms with Crippen LogP contribution in [-0.4, -0.2) is 46.2 Å². The monoisotopic (exact) mass is 545 g/mol. The van der Waals surface area contributed by atoms with Gasteiger partial charge in [-0.25, -0.2) is 13.2 Å². The van der Waals surface area contributed by atoms with Gasteiger partial charge in [-0.1, -0.05) is 32.0 Å². The van der Waals surface area contributed by atoms with Crippen molar-refractivity contribution in [3.05, 3.63) is 61.1 Å². The van der Waals surface area contributed by atoms with E-state index in [2.05, 4.69) is 0 Å². The molecule has 8 nitrogen and oxygen atoms in total. The summed E-state index contributed by atoms with van der Waals surface area (Å²) in [6.45, 7) is 3.70. The average Bonchev–Trinajstić information content (AvgIpc) is 3.39. The molecule has 1 atom stereocenters. The Hall–Kier alpha value is -2.48. The fraction of sp³-hybridized carbons (Fsp3) is 0.478. The van der Waals surface area contributed by atoms with E-state index in [4.69, 9.17) is 0 Å². The van der Waals surface area contributed by atoms with E-state index in [0.717, 1.165) is 26.3 Å². The smallest absolute Gasteiger partial charge is 0.392 e. The minimum Gasteiger partial charge on any atom is -0.392 e. The lowest BCUT2D eigenvalue weighted by Crippen LogP contribution is -2.39. The quantitative estimate of drug-likeness (QED) is 0.514. The summed E-state index contributed by atoms with van der Waals surface area (Å²) < 4.78 is 71.9. The van der Waals surface area contributed by atoms with Crippen molar-refractivity contribution in [2.45, 2.75) is 50.4 Å². The van der Waals surface area contributed by atoms with Gasteiger partial charge in [-0.3, -0.25) is 13.9 Å². The van der Waals surface area contributed by atoms with Crippen LogP contribution in [-0.2, 0) is 36.2 Å². The van der Waals surface area contributed by atoms with Gasteiger partial charge in [0.15, 0.2) is 0 Å². The molecule has 3 heterocycles. The summed E-state index contributed by atoms with van der Waals surface area (Å²) in [7, 11) is -3.13. The van der Waals surface area contributed by atoms with Crippen LogP contribution in [0.5, 0.6) is 0 Å². The Bertz CT molecular complexity index is 1540. The maximum Gasteiger partial charge on any atom is 0.416 e. The van der Waals surface area contributed by atoms with E-state index in [1.165, 1.54) is 29.8 Å². The predicted octanol–water partition coefficient (Wildman–Crippen LogP) is 2.78. The molecule has 0 bridgehead atoms. The number of rotatable bonds is 6. The number of fused-ring (bicyclic) bond motifs is 1. The largest absolute Gasteiger partial charge is 0.416 e. The number of benzene rings is 1. The highest BCUT2D eigenvalue weighted by atomic mass is 32.2. The van der Waals surface area contributed by atoms with Crippen LogP contribution < -0.4 is 11.2 Å². The van der Waals surface area contributed by atoms with Gasteiger partial charge in [0.05, 0.1) is 17.1 Å². The predicted molar refractivity (Wildman–Crippen MR) is 130 cm³/mol. The van der Waals surface area contributed by atoms with E-state index in [1.807, 2.05) is 13.8 Å². The molecule has 1 aromatic carbocycles. The van der Waals surface area contributed by atoms with Crippen LogP contribution in [0.4, 0.5) is 13.2 Å². The van der Waals surface area contributed by atoms with Gasteiger partial charge in [0, 0.05) is 38.0 Å². The molecular weight excluding hydrogens is 519 g/mol. The van der Waals surface area contributed by atoms with Crippen LogP contribution in [0, 0.1) is 5.92 Å². The number of aliphatic hydroxyl groups is 1. The topological polar surface area (TPSA) is 102 Å². The van der Waals surface area contributed by atoms with Crippen LogP contribution >= 0.6 is 11.3 Å². The van der Waals surface area contributed by atoms with Crippen molar-refractivity contribution in [2.75, 3.05) is 13.1 Å². The standard InChI is InChI=1S/C23H26F3N3O5S2/c1-13(2)11-29-21-18(20(31)27(3)22(29)32)19(36(33,34)28-9-8-15(30)12-28)17(35-21)10-14-6-4-5-7-16(14)23(24,25)26/h4-7,13,15,30H,8-12H2,1-3H3/t15-/m1/s1. The number of halogens is 3. The Balaban J connectivity index is 2.06. The Morgan fingerprint density at radius 1 is 1.19 bits per heavy atom. The summed E-state index contributed by atoms with van der Waals surface area (Å²) in [4.78, 5) is 26.0. The molecule has 36 heavy (non-hydrogen) atoms. The summed E-state index contributed by atoms with van der Waals surface area (Å²) in [5.74, 6) is -0.0336. The Morgan fingerprint density at radius 3 is 2.44 bits per heavy atom. The lowest BCUT2D eigenvalue weighted by Gasteiger charge is -2.18. The molecule has 0 amide bonds. The van der Waals surface area contributed by atoms with Crippen molar-refractivity contribution >= 4 is 31.6 Å². The zero-order valence-electron chi connectivity index (χ0n) is 19.9. The van der Waals surface area contributed by atoms with Crippen molar-refractivity contribution in [1.29, 1.82) is 0 Å². The first-order valence-electron chi connectivity index (χ1n) is 11.3. The van der Waals surface area contributed by atoms with Gasteiger partial charge in [0.2, 0.25) is 10.0 Å². The number of thiophene rings is 1. The minimum atomic E-state index is -4.67. The molecule has 1 aliphatic heterocycles. The highest BCUT2D eigenvalue weighted by Gasteiger charge is 2.39. The van der Waals surface area contributed by atoms with Gasteiger partial charge in [0.25, 0.3) is 5.56 Å². The van der Waals surface area contributed by atoms with Crippen LogP contribution in [0.2, 0.25) is 0 Å². The van der Waals surface area contributed by atoms with Crippen molar-refractivity contribution in [2.24, 2.45) is 13.0 Å². The maximum absolute atomic E-state index is 13.8. The molecule has 0 saturated carbocycles. The van der Waals surface area contributed by atoms with Crippen molar-refractivity contribution in [3.8, 4) is 0 Å². The molecule has 2 aromatic heterocycles. The molecule has 13 heteroatoms. The summed E-state index contributed by atoms with van der Waals surface area (Å²) in [5.41, 5.74) is -2.52. The van der Waals surface area contributed by atoms with Crippen LogP contribution in [0.15, 0.2) is 38.8 Å². The van der Waals surface area contributed by atoms with E-state index < -0.39 is 50.4 Å². The van der Waals surface area contributed by atoms with Crippen molar-refractivity contribution in [3.63, 3.8) is 0 Å². The maximum atomic E-state index is 13.8. The molecule has 0 radical (unpaired) electrons. The summed E-state index contributed by atoms with van der Waals surface area (Å²) in [5, 5.41) is 9.72. The second-order valence-electron chi connectivity index (χ2n) is 9.32. The third-order valence-corrected chi connectivity index (χ3v) is 9.46. The number of nitrogens with zero attached hydrogens (tertiary/aromatic N) is 3. The minimum absolute atomic E-state index is 0.00532. The average molecular weight is 546 g/mol. The SMILES string of the molecule is CC(C)Cn1c(=O)n(C)c(=O)c2c(S(=O)(=O)N3CC[C@@H](O)C3)c(Cc3ccccc3C(F)(F)F)sc21. The van der Waals surface area contributed by atoms with Crippen LogP contribution in [0.3, 0.4) is 0 Å². The molecule has 3 aromatic rings. The van der Waals surface area contributed by atoms with E-state index in [-0.39, 0.29) is 52.6 Å². The number of aromatic nitrogens is 2. The van der Waals surface area contributed by atoms with E-state index >= 15 is 0 Å². The molecular formula is C23H26F3N3O5S2. The van der Waals surface area contributed by atoms with Gasteiger partial charge in [-0.2, -0.15) is 17.5 Å². The second-order valence-corrected chi connectivity index (χ2v) is 12.3. The lowest BCUT2D eigenvalue weighted by atomic mass is 10.0. The summed E-state index contributed by atoms with van der Waals surface area (Å²) >= 11 is 0.844. The Kier molecular flexibility index (Phi) is 6.97. The molecule has 1 aliphatic rings. The molecule has 196 valence electrons. The third kappa shape index (κ3) is 4.64. The fourth-order valence-corrected chi connectivity index (χ4v) is 7.94. The zero-order chi connectivity index (χ0) is 26.6. The first-order chi connectivity index (χ1) is 16.7. The number of hydrogen-bond donors (Lipinski definition) is 1. The zero-order valence-corrected chi connectivity index (χ0v) is 21.5. The Morgan fingerprint density at radius 2 is 1.86 bits per heavy atom. The number of sulfonamides is 1. The highest BCUT2D eigenvalue weighted by molar-refractivity contribution is 7.89. The Labute approximate surface area is 209 Å². The van der Waals surface area contributed by atoms with Crippen molar-refractivity contribution < 1.29 is 26.7 Å². The van der Waals surface area contributed by atoms with Crippen LogP contribution in [0.25, 0.3) is 10.2 Å². The number of hydrogen-bond acceptors (Lipinski definition) is 6. The van der Waals surface area contributed by atoms with Gasteiger partial charge in [0.1, 0.15) is 9.73 Å². The summed E-state index contributed by atoms with van der Waals surface area (Å²) in [6.07, 6.45) is -5.76. The van der Waals surface area contributed by atoms with Gasteiger partial charge in [-0.15, -0.1) is 11.3 Å². The van der Waals surface area contributed by atoms with E-state index in [0.29, 0.717) is 0 Å². The molecule has 1 fully saturated rings. The lowest BCUT2D eigenvalue weighted by molar-refractivity contribution is -0.138. The number of alkyl halides is 3. The molecule has 0 unspecified atom stereocenters. The van der Waals surface area contributed by atoms with Gasteiger partial charge in [-0.05, 0) is 24.0 Å².